The van der Waals surface area contributed by atoms with E-state index in [-0.39, 0.29) is 6.04 Å². The van der Waals surface area contributed by atoms with E-state index in [1.54, 1.807) is 0 Å². The van der Waals surface area contributed by atoms with Gasteiger partial charge in [-0.1, -0.05) is 24.3 Å². The topological polar surface area (TPSA) is 32.5 Å². The molecule has 1 aromatic rings. The molecule has 0 amide bonds. The Morgan fingerprint density at radius 2 is 2.00 bits per heavy atom. The van der Waals surface area contributed by atoms with Crippen molar-refractivity contribution in [3.8, 4) is 0 Å². The molecule has 0 radical (unpaired) electrons. The molecule has 0 spiro atoms. The van der Waals surface area contributed by atoms with Gasteiger partial charge < -0.3 is 10.6 Å². The Morgan fingerprint density at radius 1 is 1.20 bits per heavy atom. The van der Waals surface area contributed by atoms with Crippen LogP contribution in [0.4, 0.5) is 0 Å². The summed E-state index contributed by atoms with van der Waals surface area (Å²) in [5.41, 5.74) is 9.44. The first-order valence-electron chi connectivity index (χ1n) is 7.94. The summed E-state index contributed by atoms with van der Waals surface area (Å²) in [4.78, 5) is 5.12. The first kappa shape index (κ1) is 14.1. The van der Waals surface area contributed by atoms with E-state index in [4.69, 9.17) is 5.73 Å². The van der Waals surface area contributed by atoms with Crippen LogP contribution >= 0.6 is 0 Å². The maximum atomic E-state index is 6.61. The first-order chi connectivity index (χ1) is 9.66. The predicted molar refractivity (Wildman–Crippen MR) is 83.8 cm³/mol. The molecule has 0 aromatic heterocycles. The fourth-order valence-electron chi connectivity index (χ4n) is 4.03. The summed E-state index contributed by atoms with van der Waals surface area (Å²) >= 11 is 0. The summed E-state index contributed by atoms with van der Waals surface area (Å²) in [5, 5.41) is 0. The lowest BCUT2D eigenvalue weighted by Gasteiger charge is -2.42. The number of hydrogen-bond donors (Lipinski definition) is 1. The maximum Gasteiger partial charge on any atom is 0.0456 e. The Bertz CT molecular complexity index is 459. The Morgan fingerprint density at radius 3 is 2.85 bits per heavy atom. The van der Waals surface area contributed by atoms with Gasteiger partial charge in [0.15, 0.2) is 0 Å². The van der Waals surface area contributed by atoms with Crippen molar-refractivity contribution in [2.24, 2.45) is 5.73 Å². The predicted octanol–water partition coefficient (Wildman–Crippen LogP) is 2.03. The quantitative estimate of drug-likeness (QED) is 0.850. The molecule has 1 aliphatic carbocycles. The second kappa shape index (κ2) is 5.84. The van der Waals surface area contributed by atoms with E-state index in [1.807, 2.05) is 0 Å². The van der Waals surface area contributed by atoms with E-state index in [2.05, 4.69) is 48.0 Å². The smallest absolute Gasteiger partial charge is 0.0456 e. The Labute approximate surface area is 122 Å². The van der Waals surface area contributed by atoms with Crippen molar-refractivity contribution in [3.05, 3.63) is 35.4 Å². The summed E-state index contributed by atoms with van der Waals surface area (Å²) in [6, 6.07) is 10.0. The van der Waals surface area contributed by atoms with Gasteiger partial charge in [0.1, 0.15) is 0 Å². The highest BCUT2D eigenvalue weighted by atomic mass is 15.3. The lowest BCUT2D eigenvalue weighted by atomic mass is 9.83. The van der Waals surface area contributed by atoms with E-state index in [9.17, 15) is 0 Å². The van der Waals surface area contributed by atoms with Crippen LogP contribution in [-0.2, 0) is 6.42 Å². The van der Waals surface area contributed by atoms with E-state index in [1.165, 1.54) is 43.5 Å². The monoisotopic (exact) mass is 273 g/mol. The number of aryl methyl sites for hydroxylation is 1. The van der Waals surface area contributed by atoms with E-state index in [0.717, 1.165) is 6.54 Å². The average molecular weight is 273 g/mol. The van der Waals surface area contributed by atoms with Crippen LogP contribution in [-0.4, -0.2) is 48.6 Å². The zero-order valence-electron chi connectivity index (χ0n) is 12.8. The number of likely N-dealkylation sites (N-methyl/N-ethyl adjacent to an activating group) is 1. The van der Waals surface area contributed by atoms with Crippen LogP contribution in [0.25, 0.3) is 0 Å². The Kier molecular flexibility index (Phi) is 4.11. The molecule has 1 aromatic carbocycles. The molecule has 2 aliphatic rings. The molecule has 3 heteroatoms. The Balaban J connectivity index is 1.81. The van der Waals surface area contributed by atoms with Gasteiger partial charge in [-0.05, 0) is 50.9 Å². The van der Waals surface area contributed by atoms with Crippen molar-refractivity contribution in [2.75, 3.05) is 26.7 Å². The first-order valence-corrected chi connectivity index (χ1v) is 7.94. The van der Waals surface area contributed by atoms with Crippen molar-refractivity contribution in [3.63, 3.8) is 0 Å². The van der Waals surface area contributed by atoms with Crippen LogP contribution in [0, 0.1) is 0 Å². The fourth-order valence-corrected chi connectivity index (χ4v) is 4.03. The highest BCUT2D eigenvalue weighted by Crippen LogP contribution is 2.32. The van der Waals surface area contributed by atoms with Gasteiger partial charge in [0.05, 0.1) is 0 Å². The second-order valence-corrected chi connectivity index (χ2v) is 6.53. The summed E-state index contributed by atoms with van der Waals surface area (Å²) < 4.78 is 0. The number of rotatable bonds is 1. The number of nitrogens with zero attached hydrogens (tertiary/aromatic N) is 2. The van der Waals surface area contributed by atoms with Gasteiger partial charge >= 0.3 is 0 Å². The van der Waals surface area contributed by atoms with Crippen molar-refractivity contribution < 1.29 is 0 Å². The third-order valence-corrected chi connectivity index (χ3v) is 5.06. The number of hydrogen-bond acceptors (Lipinski definition) is 3. The molecule has 3 unspecified atom stereocenters. The number of nitrogens with two attached hydrogens (primary N) is 1. The molecule has 20 heavy (non-hydrogen) atoms. The molecule has 1 heterocycles. The molecule has 2 N–H and O–H groups in total. The number of fused-ring (bicyclic) bond motifs is 1. The van der Waals surface area contributed by atoms with Crippen molar-refractivity contribution in [2.45, 2.75) is 44.3 Å². The lowest BCUT2D eigenvalue weighted by molar-refractivity contribution is 0.111. The van der Waals surface area contributed by atoms with Crippen LogP contribution in [0.15, 0.2) is 24.3 Å². The highest BCUT2D eigenvalue weighted by molar-refractivity contribution is 5.33. The zero-order valence-corrected chi connectivity index (χ0v) is 12.8. The van der Waals surface area contributed by atoms with E-state index < -0.39 is 0 Å². The second-order valence-electron chi connectivity index (χ2n) is 6.53. The summed E-state index contributed by atoms with van der Waals surface area (Å²) in [7, 11) is 2.23. The molecule has 3 nitrogen and oxygen atoms in total. The molecule has 0 bridgehead atoms. The average Bonchev–Trinajstić information content (AvgIpc) is 2.60. The molecule has 0 saturated carbocycles. The van der Waals surface area contributed by atoms with E-state index in [0.29, 0.717) is 12.1 Å². The van der Waals surface area contributed by atoms with Gasteiger partial charge in [0.25, 0.3) is 0 Å². The molecule has 110 valence electrons. The van der Waals surface area contributed by atoms with Crippen LogP contribution in [0.1, 0.15) is 36.9 Å². The standard InChI is InChI=1S/C17H27N3/c1-13-12-19(2)10-5-11-20(13)16-9-8-14-6-3-4-7-15(14)17(16)18/h3-4,6-7,13,16-17H,5,8-12,18H2,1-2H3. The molecule has 3 rings (SSSR count). The third kappa shape index (κ3) is 2.62. The zero-order chi connectivity index (χ0) is 14.1. The normalized spacial score (nSPS) is 32.6. The van der Waals surface area contributed by atoms with Crippen LogP contribution < -0.4 is 5.73 Å². The maximum absolute atomic E-state index is 6.61. The summed E-state index contributed by atoms with van der Waals surface area (Å²) in [6.45, 7) is 5.91. The minimum atomic E-state index is 0.172. The van der Waals surface area contributed by atoms with Gasteiger partial charge in [-0.2, -0.15) is 0 Å². The van der Waals surface area contributed by atoms with Crippen molar-refractivity contribution in [1.82, 2.24) is 9.80 Å². The van der Waals surface area contributed by atoms with Crippen LogP contribution in [0.3, 0.4) is 0 Å². The van der Waals surface area contributed by atoms with E-state index >= 15 is 0 Å². The molecular weight excluding hydrogens is 246 g/mol. The van der Waals surface area contributed by atoms with Crippen molar-refractivity contribution in [1.29, 1.82) is 0 Å². The van der Waals surface area contributed by atoms with Gasteiger partial charge in [0, 0.05) is 31.2 Å². The molecule has 1 saturated heterocycles. The molecular formula is C17H27N3. The molecule has 3 atom stereocenters. The van der Waals surface area contributed by atoms with Crippen LogP contribution in [0.2, 0.25) is 0 Å². The minimum Gasteiger partial charge on any atom is -0.323 e. The van der Waals surface area contributed by atoms with Gasteiger partial charge in [0.2, 0.25) is 0 Å². The number of benzene rings is 1. The molecule has 1 fully saturated rings. The largest absolute Gasteiger partial charge is 0.323 e. The lowest BCUT2D eigenvalue weighted by Crippen LogP contribution is -2.50. The summed E-state index contributed by atoms with van der Waals surface area (Å²) in [6.07, 6.45) is 3.63. The highest BCUT2D eigenvalue weighted by Gasteiger charge is 2.34. The Hall–Kier alpha value is -0.900. The summed E-state index contributed by atoms with van der Waals surface area (Å²) in [5.74, 6) is 0. The van der Waals surface area contributed by atoms with Gasteiger partial charge in [-0.3, -0.25) is 4.90 Å². The van der Waals surface area contributed by atoms with Crippen molar-refractivity contribution >= 4 is 0 Å². The van der Waals surface area contributed by atoms with Gasteiger partial charge in [-0.25, -0.2) is 0 Å². The van der Waals surface area contributed by atoms with Gasteiger partial charge in [-0.15, -0.1) is 0 Å². The minimum absolute atomic E-state index is 0.172. The van der Waals surface area contributed by atoms with Crippen LogP contribution in [0.5, 0.6) is 0 Å². The fraction of sp³-hybridized carbons (Fsp3) is 0.647. The molecule has 1 aliphatic heterocycles. The third-order valence-electron chi connectivity index (χ3n) is 5.06. The SMILES string of the molecule is CC1CN(C)CCCN1C1CCc2ccccc2C1N.